The van der Waals surface area contributed by atoms with Gasteiger partial charge in [-0.05, 0) is 37.0 Å². The second-order valence-corrected chi connectivity index (χ2v) is 5.32. The van der Waals surface area contributed by atoms with Crippen molar-refractivity contribution in [3.8, 4) is 0 Å². The van der Waals surface area contributed by atoms with E-state index in [4.69, 9.17) is 4.98 Å². The van der Waals surface area contributed by atoms with Gasteiger partial charge in [0.1, 0.15) is 5.82 Å². The average Bonchev–Trinajstić information content (AvgIpc) is 2.43. The van der Waals surface area contributed by atoms with E-state index in [9.17, 15) is 10.2 Å². The highest BCUT2D eigenvalue weighted by atomic mass is 16.3. The van der Waals surface area contributed by atoms with E-state index in [1.54, 1.807) is 0 Å². The van der Waals surface area contributed by atoms with Gasteiger partial charge in [-0.3, -0.25) is 0 Å². The van der Waals surface area contributed by atoms with Gasteiger partial charge in [-0.15, -0.1) is 0 Å². The van der Waals surface area contributed by atoms with Crippen molar-refractivity contribution in [3.63, 3.8) is 0 Å². The lowest BCUT2D eigenvalue weighted by Gasteiger charge is -2.38. The molecular weight excluding hydrogens is 252 g/mol. The molecule has 1 saturated carbocycles. The number of hydrogen-bond acceptors (Lipinski definition) is 4. The van der Waals surface area contributed by atoms with Crippen LogP contribution in [0.1, 0.15) is 24.8 Å². The third kappa shape index (κ3) is 2.37. The van der Waals surface area contributed by atoms with Crippen LogP contribution in [0, 0.1) is 0 Å². The molecule has 0 bridgehead atoms. The SMILES string of the molecule is OCCN(c1cc(CO)c2ccccc2n1)C1CCC1. The van der Waals surface area contributed by atoms with Gasteiger partial charge in [-0.2, -0.15) is 0 Å². The molecule has 4 nitrogen and oxygen atoms in total. The first-order chi connectivity index (χ1) is 9.83. The van der Waals surface area contributed by atoms with Crippen LogP contribution in [0.15, 0.2) is 30.3 Å². The zero-order valence-electron chi connectivity index (χ0n) is 11.5. The topological polar surface area (TPSA) is 56.6 Å². The molecule has 0 aliphatic heterocycles. The van der Waals surface area contributed by atoms with E-state index in [0.29, 0.717) is 12.6 Å². The minimum Gasteiger partial charge on any atom is -0.395 e. The Labute approximate surface area is 118 Å². The van der Waals surface area contributed by atoms with Crippen molar-refractivity contribution in [2.24, 2.45) is 0 Å². The summed E-state index contributed by atoms with van der Waals surface area (Å²) in [7, 11) is 0. The van der Waals surface area contributed by atoms with Crippen molar-refractivity contribution < 1.29 is 10.2 Å². The van der Waals surface area contributed by atoms with Crippen LogP contribution in [-0.2, 0) is 6.61 Å². The lowest BCUT2D eigenvalue weighted by atomic mass is 9.91. The zero-order valence-corrected chi connectivity index (χ0v) is 11.5. The molecule has 1 heterocycles. The Morgan fingerprint density at radius 3 is 2.65 bits per heavy atom. The molecule has 1 aliphatic rings. The Kier molecular flexibility index (Phi) is 3.85. The number of rotatable bonds is 5. The van der Waals surface area contributed by atoms with Crippen molar-refractivity contribution in [2.45, 2.75) is 31.9 Å². The summed E-state index contributed by atoms with van der Waals surface area (Å²) in [6, 6.07) is 10.3. The first kappa shape index (κ1) is 13.3. The molecule has 0 unspecified atom stereocenters. The Hall–Kier alpha value is -1.65. The van der Waals surface area contributed by atoms with Crippen LogP contribution < -0.4 is 4.90 Å². The summed E-state index contributed by atoms with van der Waals surface area (Å²) in [5.74, 6) is 0.867. The van der Waals surface area contributed by atoms with Crippen molar-refractivity contribution in [3.05, 3.63) is 35.9 Å². The highest BCUT2D eigenvalue weighted by Crippen LogP contribution is 2.30. The number of aliphatic hydroxyl groups excluding tert-OH is 2. The van der Waals surface area contributed by atoms with Gasteiger partial charge >= 0.3 is 0 Å². The van der Waals surface area contributed by atoms with Gasteiger partial charge in [0.25, 0.3) is 0 Å². The van der Waals surface area contributed by atoms with E-state index in [1.165, 1.54) is 6.42 Å². The van der Waals surface area contributed by atoms with E-state index in [2.05, 4.69) is 4.90 Å². The number of para-hydroxylation sites is 1. The maximum Gasteiger partial charge on any atom is 0.129 e. The van der Waals surface area contributed by atoms with Gasteiger partial charge in [0, 0.05) is 18.0 Å². The second-order valence-electron chi connectivity index (χ2n) is 5.32. The highest BCUT2D eigenvalue weighted by molar-refractivity contribution is 5.84. The Morgan fingerprint density at radius 1 is 1.20 bits per heavy atom. The number of hydrogen-bond donors (Lipinski definition) is 2. The molecule has 0 saturated heterocycles. The number of pyridine rings is 1. The maximum absolute atomic E-state index is 9.59. The summed E-state index contributed by atoms with van der Waals surface area (Å²) in [4.78, 5) is 6.89. The number of aromatic nitrogens is 1. The standard InChI is InChI=1S/C16H20N2O2/c19-9-8-18(13-4-3-5-13)16-10-12(11-20)14-6-1-2-7-15(14)17-16/h1-2,6-7,10,13,19-20H,3-5,8-9,11H2. The average molecular weight is 272 g/mol. The molecule has 1 fully saturated rings. The van der Waals surface area contributed by atoms with Crippen LogP contribution in [0.5, 0.6) is 0 Å². The molecule has 4 heteroatoms. The van der Waals surface area contributed by atoms with Crippen molar-refractivity contribution in [1.29, 1.82) is 0 Å². The van der Waals surface area contributed by atoms with Gasteiger partial charge in [0.2, 0.25) is 0 Å². The Balaban J connectivity index is 2.04. The number of benzene rings is 1. The van der Waals surface area contributed by atoms with Gasteiger partial charge in [0.15, 0.2) is 0 Å². The number of nitrogens with zero attached hydrogens (tertiary/aromatic N) is 2. The molecule has 20 heavy (non-hydrogen) atoms. The molecule has 2 N–H and O–H groups in total. The lowest BCUT2D eigenvalue weighted by molar-refractivity contribution is 0.280. The molecule has 106 valence electrons. The normalized spacial score (nSPS) is 15.3. The molecule has 1 aromatic heterocycles. The van der Waals surface area contributed by atoms with Gasteiger partial charge < -0.3 is 15.1 Å². The fourth-order valence-corrected chi connectivity index (χ4v) is 2.80. The van der Waals surface area contributed by atoms with E-state index < -0.39 is 0 Å². The second kappa shape index (κ2) is 5.77. The lowest BCUT2D eigenvalue weighted by Crippen LogP contribution is -2.42. The van der Waals surface area contributed by atoms with Gasteiger partial charge in [-0.25, -0.2) is 4.98 Å². The first-order valence-electron chi connectivity index (χ1n) is 7.20. The van der Waals surface area contributed by atoms with Crippen LogP contribution in [-0.4, -0.2) is 34.4 Å². The summed E-state index contributed by atoms with van der Waals surface area (Å²) < 4.78 is 0. The fourth-order valence-electron chi connectivity index (χ4n) is 2.80. The van der Waals surface area contributed by atoms with E-state index in [-0.39, 0.29) is 13.2 Å². The molecule has 0 amide bonds. The summed E-state index contributed by atoms with van der Waals surface area (Å²) in [6.07, 6.45) is 3.55. The molecule has 2 aromatic rings. The van der Waals surface area contributed by atoms with Gasteiger partial charge in [0.05, 0.1) is 18.7 Å². The quantitative estimate of drug-likeness (QED) is 0.875. The maximum atomic E-state index is 9.59. The number of fused-ring (bicyclic) bond motifs is 1. The molecule has 3 rings (SSSR count). The van der Waals surface area contributed by atoms with Crippen LogP contribution >= 0.6 is 0 Å². The summed E-state index contributed by atoms with van der Waals surface area (Å²) in [6.45, 7) is 0.730. The number of anilines is 1. The zero-order chi connectivity index (χ0) is 13.9. The van der Waals surface area contributed by atoms with Crippen molar-refractivity contribution >= 4 is 16.7 Å². The first-order valence-corrected chi connectivity index (χ1v) is 7.20. The van der Waals surface area contributed by atoms with Crippen LogP contribution in [0.4, 0.5) is 5.82 Å². The van der Waals surface area contributed by atoms with Crippen LogP contribution in [0.3, 0.4) is 0 Å². The molecule has 0 atom stereocenters. The highest BCUT2D eigenvalue weighted by Gasteiger charge is 2.26. The van der Waals surface area contributed by atoms with E-state index >= 15 is 0 Å². The molecule has 1 aromatic carbocycles. The predicted molar refractivity (Wildman–Crippen MR) is 79.7 cm³/mol. The van der Waals surface area contributed by atoms with Crippen LogP contribution in [0.25, 0.3) is 10.9 Å². The molecule has 0 spiro atoms. The number of aliphatic hydroxyl groups is 2. The molecule has 0 radical (unpaired) electrons. The van der Waals surface area contributed by atoms with E-state index in [0.717, 1.165) is 35.1 Å². The summed E-state index contributed by atoms with van der Waals surface area (Å²) in [5.41, 5.74) is 1.80. The Morgan fingerprint density at radius 2 is 2.00 bits per heavy atom. The third-order valence-corrected chi connectivity index (χ3v) is 4.11. The van der Waals surface area contributed by atoms with Crippen molar-refractivity contribution in [1.82, 2.24) is 4.98 Å². The largest absolute Gasteiger partial charge is 0.395 e. The smallest absolute Gasteiger partial charge is 0.129 e. The van der Waals surface area contributed by atoms with Crippen molar-refractivity contribution in [2.75, 3.05) is 18.1 Å². The third-order valence-electron chi connectivity index (χ3n) is 4.11. The minimum atomic E-state index is 0.00760. The monoisotopic (exact) mass is 272 g/mol. The minimum absolute atomic E-state index is 0.00760. The fraction of sp³-hybridized carbons (Fsp3) is 0.438. The van der Waals surface area contributed by atoms with Crippen LogP contribution in [0.2, 0.25) is 0 Å². The molecule has 1 aliphatic carbocycles. The summed E-state index contributed by atoms with van der Waals surface area (Å²) >= 11 is 0. The molecular formula is C16H20N2O2. The summed E-state index contributed by atoms with van der Waals surface area (Å²) in [5, 5.41) is 19.9. The Bertz CT molecular complexity index is 596. The van der Waals surface area contributed by atoms with Gasteiger partial charge in [-0.1, -0.05) is 18.2 Å². The predicted octanol–water partition coefficient (Wildman–Crippen LogP) is 2.08. The van der Waals surface area contributed by atoms with E-state index in [1.807, 2.05) is 30.3 Å².